The topological polar surface area (TPSA) is 158 Å². The molecule has 3 saturated heterocycles. The largest absolute Gasteiger partial charge is 0.490 e. The smallest absolute Gasteiger partial charge is 0.311 e. The molecule has 17 atom stereocenters. The van der Waals surface area contributed by atoms with E-state index in [-0.39, 0.29) is 37.0 Å². The van der Waals surface area contributed by atoms with E-state index < -0.39 is 84.3 Å². The maximum absolute atomic E-state index is 14.8. The van der Waals surface area contributed by atoms with Crippen LogP contribution in [0.2, 0.25) is 0 Å². The molecule has 0 bridgehead atoms. The highest BCUT2D eigenvalue weighted by atomic mass is 16.7. The number of methoxy groups -OCH3 is 2. The van der Waals surface area contributed by atoms with Crippen molar-refractivity contribution in [1.29, 1.82) is 0 Å². The number of aliphatic hydroxyl groups is 3. The summed E-state index contributed by atoms with van der Waals surface area (Å²) in [5, 5.41) is 34.8. The highest BCUT2D eigenvalue weighted by molar-refractivity contribution is 5.73. The second-order valence-electron chi connectivity index (χ2n) is 19.5. The first-order chi connectivity index (χ1) is 29.7. The number of nitrogens with zero attached hydrogens (tertiary/aromatic N) is 2. The Morgan fingerprint density at radius 2 is 1.48 bits per heavy atom. The van der Waals surface area contributed by atoms with E-state index in [1.807, 2.05) is 122 Å². The first kappa shape index (κ1) is 51.3. The van der Waals surface area contributed by atoms with E-state index in [1.165, 1.54) is 0 Å². The van der Waals surface area contributed by atoms with Crippen LogP contribution in [-0.4, -0.2) is 165 Å². The Bertz CT molecular complexity index is 1720. The van der Waals surface area contributed by atoms with Gasteiger partial charge in [-0.2, -0.15) is 0 Å². The number of likely N-dealkylation sites (N-methyl/N-ethyl adjacent to an activating group) is 2. The van der Waals surface area contributed by atoms with Crippen molar-refractivity contribution in [3.63, 3.8) is 0 Å². The number of carbonyl (C=O) groups excluding carboxylic acids is 1. The highest BCUT2D eigenvalue weighted by Crippen LogP contribution is 2.41. The SMILES string of the molecule is CO[C@]1(C)C[C@@H](C)[C@H](O)[C@H](C)CN(C)C[C@H](COc2cccc(-c3ccccc3)c2)OC(=O)[C@H](C)[C@@H](O[C@H]2C[C@@](C)(OC)[C@@H](O)[C@H](C)O2)[C@H](C)[C@H]1O[C@@H]1O[C@H](C)C[C@H](N(C)C)[C@H]1O. The number of cyclic esters (lactones) is 1. The van der Waals surface area contributed by atoms with Gasteiger partial charge in [0.1, 0.15) is 30.7 Å². The van der Waals surface area contributed by atoms with Crippen molar-refractivity contribution >= 4 is 5.97 Å². The number of benzene rings is 2. The van der Waals surface area contributed by atoms with E-state index in [9.17, 15) is 20.1 Å². The van der Waals surface area contributed by atoms with Crippen molar-refractivity contribution in [2.75, 3.05) is 55.1 Å². The van der Waals surface area contributed by atoms with Crippen LogP contribution >= 0.6 is 0 Å². The van der Waals surface area contributed by atoms with Crippen molar-refractivity contribution in [3.05, 3.63) is 54.6 Å². The van der Waals surface area contributed by atoms with Crippen LogP contribution < -0.4 is 4.74 Å². The van der Waals surface area contributed by atoms with Gasteiger partial charge < -0.3 is 63.0 Å². The van der Waals surface area contributed by atoms with Crippen molar-refractivity contribution in [1.82, 2.24) is 9.80 Å². The molecule has 3 N–H and O–H groups in total. The standard InChI is InChI=1S/C49H78N2O12/c1-29-24-49(8,57-13)45(63-47-42(53)39(50(9)10)22-31(3)59-47)32(4)43(62-40-25-48(7,56-12)44(54)34(6)60-40)33(5)46(55)61-38(27-51(11)26-30(2)41(29)52)28-58-37-21-17-20-36(23-37)35-18-15-14-16-19-35/h14-21,23,29-34,38-45,47,52-54H,22,24-28H2,1-13H3/t29-,30-,31-,32+,33-,34+,38-,39+,40+,41+,42-,43+,44+,45-,47+,48-,49-/m1/s1. The van der Waals surface area contributed by atoms with Crippen LogP contribution in [0.15, 0.2) is 54.6 Å². The zero-order valence-corrected chi connectivity index (χ0v) is 40.0. The molecule has 3 aliphatic rings. The molecule has 3 aliphatic heterocycles. The van der Waals surface area contributed by atoms with Crippen LogP contribution in [-0.2, 0) is 38.0 Å². The van der Waals surface area contributed by atoms with Crippen LogP contribution in [0.1, 0.15) is 74.7 Å². The van der Waals surface area contributed by atoms with Gasteiger partial charge in [-0.05, 0) is 104 Å². The Kier molecular flexibility index (Phi) is 18.0. The predicted octanol–water partition coefficient (Wildman–Crippen LogP) is 5.39. The normalized spacial score (nSPS) is 40.5. The zero-order chi connectivity index (χ0) is 46.4. The zero-order valence-electron chi connectivity index (χ0n) is 40.0. The summed E-state index contributed by atoms with van der Waals surface area (Å²) in [5.74, 6) is -1.88. The molecule has 0 saturated carbocycles. The first-order valence-corrected chi connectivity index (χ1v) is 22.8. The maximum atomic E-state index is 14.8. The summed E-state index contributed by atoms with van der Waals surface area (Å²) in [7, 11) is 8.95. The van der Waals surface area contributed by atoms with Crippen molar-refractivity contribution in [2.24, 2.45) is 23.7 Å². The molecular formula is C49H78N2O12. The van der Waals surface area contributed by atoms with Crippen LogP contribution in [0.5, 0.6) is 5.75 Å². The van der Waals surface area contributed by atoms with Gasteiger partial charge in [0, 0.05) is 45.7 Å². The lowest BCUT2D eigenvalue weighted by molar-refractivity contribution is -0.319. The quantitative estimate of drug-likeness (QED) is 0.247. The molecule has 0 spiro atoms. The summed E-state index contributed by atoms with van der Waals surface area (Å²) >= 11 is 0. The number of aliphatic hydroxyl groups excluding tert-OH is 3. The minimum absolute atomic E-state index is 0.0679. The third-order valence-electron chi connectivity index (χ3n) is 13.9. The number of hydrogen-bond acceptors (Lipinski definition) is 14. The molecule has 14 nitrogen and oxygen atoms in total. The van der Waals surface area contributed by atoms with Gasteiger partial charge in [0.15, 0.2) is 12.6 Å². The van der Waals surface area contributed by atoms with Crippen LogP contribution in [0.4, 0.5) is 0 Å². The van der Waals surface area contributed by atoms with Gasteiger partial charge in [-0.25, -0.2) is 0 Å². The molecule has 356 valence electrons. The second kappa shape index (κ2) is 22.2. The molecular weight excluding hydrogens is 809 g/mol. The number of rotatable bonds is 11. The molecule has 0 radical (unpaired) electrons. The average molecular weight is 887 g/mol. The second-order valence-corrected chi connectivity index (χ2v) is 19.5. The predicted molar refractivity (Wildman–Crippen MR) is 240 cm³/mol. The number of hydrogen-bond donors (Lipinski definition) is 3. The summed E-state index contributed by atoms with van der Waals surface area (Å²) in [6.45, 7) is 16.1. The summed E-state index contributed by atoms with van der Waals surface area (Å²) in [4.78, 5) is 18.8. The van der Waals surface area contributed by atoms with E-state index >= 15 is 0 Å². The molecule has 0 amide bonds. The van der Waals surface area contributed by atoms with Crippen molar-refractivity contribution in [2.45, 2.75) is 153 Å². The van der Waals surface area contributed by atoms with Crippen LogP contribution in [0.25, 0.3) is 11.1 Å². The maximum Gasteiger partial charge on any atom is 0.311 e. The van der Waals surface area contributed by atoms with E-state index in [2.05, 4.69) is 4.90 Å². The average Bonchev–Trinajstić information content (AvgIpc) is 3.25. The summed E-state index contributed by atoms with van der Waals surface area (Å²) < 4.78 is 51.7. The monoisotopic (exact) mass is 887 g/mol. The molecule has 0 aromatic heterocycles. The number of carbonyl (C=O) groups is 1. The molecule has 0 unspecified atom stereocenters. The van der Waals surface area contributed by atoms with E-state index in [1.54, 1.807) is 28.1 Å². The molecule has 3 heterocycles. The van der Waals surface area contributed by atoms with Gasteiger partial charge in [-0.3, -0.25) is 4.79 Å². The Labute approximate surface area is 376 Å². The molecule has 2 aromatic rings. The first-order valence-electron chi connectivity index (χ1n) is 22.8. The number of esters is 1. The molecule has 3 fully saturated rings. The minimum Gasteiger partial charge on any atom is -0.490 e. The molecule has 2 aromatic carbocycles. The van der Waals surface area contributed by atoms with E-state index in [0.29, 0.717) is 31.7 Å². The van der Waals surface area contributed by atoms with Crippen molar-refractivity contribution < 1.29 is 58.0 Å². The van der Waals surface area contributed by atoms with E-state index in [4.69, 9.17) is 37.9 Å². The van der Waals surface area contributed by atoms with Crippen LogP contribution in [0.3, 0.4) is 0 Å². The van der Waals surface area contributed by atoms with Gasteiger partial charge in [0.05, 0.1) is 47.6 Å². The van der Waals surface area contributed by atoms with Crippen LogP contribution in [0, 0.1) is 23.7 Å². The minimum atomic E-state index is -1.10. The summed E-state index contributed by atoms with van der Waals surface area (Å²) in [6, 6.07) is 17.6. The third-order valence-corrected chi connectivity index (χ3v) is 13.9. The Balaban J connectivity index is 1.55. The fourth-order valence-corrected chi connectivity index (χ4v) is 10.0. The Morgan fingerprint density at radius 1 is 0.810 bits per heavy atom. The fourth-order valence-electron chi connectivity index (χ4n) is 10.0. The molecule has 0 aliphatic carbocycles. The number of ether oxygens (including phenoxy) is 8. The Hall–Kier alpha value is -2.73. The highest BCUT2D eigenvalue weighted by Gasteiger charge is 2.52. The lowest BCUT2D eigenvalue weighted by Crippen LogP contribution is -2.61. The van der Waals surface area contributed by atoms with Gasteiger partial charge in [0.2, 0.25) is 0 Å². The summed E-state index contributed by atoms with van der Waals surface area (Å²) in [6.07, 6.45) is -6.89. The van der Waals surface area contributed by atoms with E-state index in [0.717, 1.165) is 11.1 Å². The van der Waals surface area contributed by atoms with Gasteiger partial charge >= 0.3 is 5.97 Å². The van der Waals surface area contributed by atoms with Gasteiger partial charge in [0.25, 0.3) is 0 Å². The molecule has 5 rings (SSSR count). The lowest BCUT2D eigenvalue weighted by atomic mass is 9.75. The Morgan fingerprint density at radius 3 is 2.13 bits per heavy atom. The molecule has 14 heteroatoms. The lowest BCUT2D eigenvalue weighted by Gasteiger charge is -2.49. The van der Waals surface area contributed by atoms with Gasteiger partial charge in [-0.1, -0.05) is 63.2 Å². The fraction of sp³-hybridized carbons (Fsp3) is 0.735. The summed E-state index contributed by atoms with van der Waals surface area (Å²) in [5.41, 5.74) is -0.0513. The van der Waals surface area contributed by atoms with Crippen molar-refractivity contribution in [3.8, 4) is 16.9 Å². The molecule has 63 heavy (non-hydrogen) atoms. The van der Waals surface area contributed by atoms with Gasteiger partial charge in [-0.15, -0.1) is 0 Å². The third kappa shape index (κ3) is 12.6.